The predicted octanol–water partition coefficient (Wildman–Crippen LogP) is 0.247. The minimum Gasteiger partial charge on any atom is -0.394 e. The Kier molecular flexibility index (Phi) is 5.08. The van der Waals surface area contributed by atoms with Gasteiger partial charge in [0.05, 0.1) is 18.7 Å². The Balaban J connectivity index is 4.21. The van der Waals surface area contributed by atoms with Crippen LogP contribution in [-0.4, -0.2) is 29.7 Å². The number of aliphatic hydroxyl groups is 1. The predicted molar refractivity (Wildman–Crippen MR) is 56.7 cm³/mol. The van der Waals surface area contributed by atoms with E-state index in [9.17, 15) is 4.79 Å². The lowest BCUT2D eigenvalue weighted by molar-refractivity contribution is -0.125. The fourth-order valence-corrected chi connectivity index (χ4v) is 0.961. The van der Waals surface area contributed by atoms with E-state index in [2.05, 4.69) is 5.32 Å². The summed E-state index contributed by atoms with van der Waals surface area (Å²) in [5.74, 6) is -0.196. The molecule has 0 aliphatic heterocycles. The van der Waals surface area contributed by atoms with Crippen molar-refractivity contribution < 1.29 is 9.90 Å². The van der Waals surface area contributed by atoms with Crippen LogP contribution in [0.25, 0.3) is 0 Å². The molecule has 0 fully saturated rings. The highest BCUT2D eigenvalue weighted by Gasteiger charge is 2.28. The molecule has 0 aromatic carbocycles. The summed E-state index contributed by atoms with van der Waals surface area (Å²) >= 11 is 0. The first kappa shape index (κ1) is 13.4. The molecule has 0 aromatic heterocycles. The molecule has 4 heteroatoms. The van der Waals surface area contributed by atoms with Crippen molar-refractivity contribution in [3.05, 3.63) is 0 Å². The number of aliphatic hydroxyl groups excluding tert-OH is 1. The molecule has 0 rings (SSSR count). The SMILES string of the molecule is CC[C@H](CO)NC(=O)C(N)C(C)(C)C. The molecule has 0 bridgehead atoms. The maximum atomic E-state index is 11.6. The van der Waals surface area contributed by atoms with Crippen LogP contribution in [0.4, 0.5) is 0 Å². The third-order valence-corrected chi connectivity index (χ3v) is 2.28. The van der Waals surface area contributed by atoms with Crippen molar-refractivity contribution >= 4 is 5.91 Å². The molecule has 0 saturated heterocycles. The van der Waals surface area contributed by atoms with E-state index in [1.54, 1.807) is 0 Å². The number of nitrogens with two attached hydrogens (primary N) is 1. The van der Waals surface area contributed by atoms with Crippen molar-refractivity contribution in [2.45, 2.75) is 46.2 Å². The van der Waals surface area contributed by atoms with Crippen LogP contribution in [0.3, 0.4) is 0 Å². The van der Waals surface area contributed by atoms with Gasteiger partial charge in [-0.3, -0.25) is 4.79 Å². The number of hydrogen-bond acceptors (Lipinski definition) is 3. The number of hydrogen-bond donors (Lipinski definition) is 3. The Labute approximate surface area is 85.9 Å². The van der Waals surface area contributed by atoms with Gasteiger partial charge in [0.25, 0.3) is 0 Å². The minimum absolute atomic E-state index is 0.0426. The summed E-state index contributed by atoms with van der Waals surface area (Å²) < 4.78 is 0. The number of carbonyl (C=O) groups is 1. The molecule has 0 heterocycles. The zero-order valence-electron chi connectivity index (χ0n) is 9.50. The topological polar surface area (TPSA) is 75.3 Å². The van der Waals surface area contributed by atoms with Crippen LogP contribution in [0.5, 0.6) is 0 Å². The van der Waals surface area contributed by atoms with E-state index in [1.807, 2.05) is 27.7 Å². The lowest BCUT2D eigenvalue weighted by atomic mass is 9.87. The molecular weight excluding hydrogens is 180 g/mol. The first-order valence-corrected chi connectivity index (χ1v) is 4.99. The van der Waals surface area contributed by atoms with Gasteiger partial charge < -0.3 is 16.2 Å². The van der Waals surface area contributed by atoms with Gasteiger partial charge >= 0.3 is 0 Å². The molecule has 0 saturated carbocycles. The highest BCUT2D eigenvalue weighted by atomic mass is 16.3. The first-order chi connectivity index (χ1) is 6.32. The fraction of sp³-hybridized carbons (Fsp3) is 0.900. The van der Waals surface area contributed by atoms with E-state index in [4.69, 9.17) is 10.8 Å². The molecule has 0 aromatic rings. The van der Waals surface area contributed by atoms with Gasteiger partial charge in [-0.1, -0.05) is 27.7 Å². The van der Waals surface area contributed by atoms with Crippen molar-refractivity contribution in [2.75, 3.05) is 6.61 Å². The minimum atomic E-state index is -0.539. The van der Waals surface area contributed by atoms with Gasteiger partial charge in [0.2, 0.25) is 5.91 Å². The van der Waals surface area contributed by atoms with Crippen LogP contribution in [0.15, 0.2) is 0 Å². The van der Waals surface area contributed by atoms with Crippen LogP contribution in [0.1, 0.15) is 34.1 Å². The van der Waals surface area contributed by atoms with Crippen molar-refractivity contribution in [1.82, 2.24) is 5.32 Å². The highest BCUT2D eigenvalue weighted by Crippen LogP contribution is 2.17. The average Bonchev–Trinajstić information content (AvgIpc) is 2.11. The molecule has 4 nitrogen and oxygen atoms in total. The lowest BCUT2D eigenvalue weighted by Crippen LogP contribution is -2.52. The summed E-state index contributed by atoms with van der Waals surface area (Å²) in [7, 11) is 0. The quantitative estimate of drug-likeness (QED) is 0.611. The highest BCUT2D eigenvalue weighted by molar-refractivity contribution is 5.82. The molecule has 2 atom stereocenters. The van der Waals surface area contributed by atoms with Gasteiger partial charge in [0, 0.05) is 0 Å². The second-order valence-corrected chi connectivity index (χ2v) is 4.64. The third-order valence-electron chi connectivity index (χ3n) is 2.28. The standard InChI is InChI=1S/C10H22N2O2/c1-5-7(6-13)12-9(14)8(11)10(2,3)4/h7-8,13H,5-6,11H2,1-4H3,(H,12,14)/t7-,8?/m1/s1. The van der Waals surface area contributed by atoms with Crippen LogP contribution in [0, 0.1) is 5.41 Å². The molecule has 0 aliphatic carbocycles. The number of rotatable bonds is 4. The Morgan fingerprint density at radius 2 is 2.00 bits per heavy atom. The summed E-state index contributed by atoms with van der Waals surface area (Å²) in [5, 5.41) is 11.6. The first-order valence-electron chi connectivity index (χ1n) is 4.99. The largest absolute Gasteiger partial charge is 0.394 e. The molecule has 1 amide bonds. The Bertz CT molecular complexity index is 183. The van der Waals surface area contributed by atoms with Crippen LogP contribution < -0.4 is 11.1 Å². The van der Waals surface area contributed by atoms with Crippen molar-refractivity contribution in [3.8, 4) is 0 Å². The second-order valence-electron chi connectivity index (χ2n) is 4.64. The molecule has 14 heavy (non-hydrogen) atoms. The molecule has 0 radical (unpaired) electrons. The molecule has 0 aliphatic rings. The maximum Gasteiger partial charge on any atom is 0.237 e. The Hall–Kier alpha value is -0.610. The molecule has 1 unspecified atom stereocenters. The van der Waals surface area contributed by atoms with Crippen molar-refractivity contribution in [2.24, 2.45) is 11.1 Å². The normalized spacial score (nSPS) is 16.1. The molecule has 84 valence electrons. The summed E-state index contributed by atoms with van der Waals surface area (Å²) in [4.78, 5) is 11.6. The van der Waals surface area contributed by atoms with E-state index in [-0.39, 0.29) is 24.0 Å². The van der Waals surface area contributed by atoms with Crippen molar-refractivity contribution in [1.29, 1.82) is 0 Å². The van der Waals surface area contributed by atoms with Crippen LogP contribution >= 0.6 is 0 Å². The summed E-state index contributed by atoms with van der Waals surface area (Å²) in [6.45, 7) is 7.61. The summed E-state index contributed by atoms with van der Waals surface area (Å²) in [6, 6.07) is -0.723. The fourth-order valence-electron chi connectivity index (χ4n) is 0.961. The van der Waals surface area contributed by atoms with Gasteiger partial charge in [0.15, 0.2) is 0 Å². The monoisotopic (exact) mass is 202 g/mol. The second kappa shape index (κ2) is 5.32. The molecule has 0 spiro atoms. The molecular formula is C10H22N2O2. The van der Waals surface area contributed by atoms with Gasteiger partial charge in [-0.05, 0) is 11.8 Å². The summed E-state index contributed by atoms with van der Waals surface area (Å²) in [5.41, 5.74) is 5.51. The van der Waals surface area contributed by atoms with E-state index >= 15 is 0 Å². The number of carbonyl (C=O) groups excluding carboxylic acids is 1. The maximum absolute atomic E-state index is 11.6. The van der Waals surface area contributed by atoms with E-state index in [0.717, 1.165) is 0 Å². The van der Waals surface area contributed by atoms with Gasteiger partial charge in [0.1, 0.15) is 0 Å². The van der Waals surface area contributed by atoms with E-state index in [1.165, 1.54) is 0 Å². The van der Waals surface area contributed by atoms with E-state index in [0.29, 0.717) is 6.42 Å². The van der Waals surface area contributed by atoms with Gasteiger partial charge in [-0.25, -0.2) is 0 Å². The molecule has 4 N–H and O–H groups in total. The van der Waals surface area contributed by atoms with Gasteiger partial charge in [-0.2, -0.15) is 0 Å². The third kappa shape index (κ3) is 4.07. The zero-order valence-corrected chi connectivity index (χ0v) is 9.50. The van der Waals surface area contributed by atoms with Gasteiger partial charge in [-0.15, -0.1) is 0 Å². The van der Waals surface area contributed by atoms with E-state index < -0.39 is 6.04 Å². The summed E-state index contributed by atoms with van der Waals surface area (Å²) in [6.07, 6.45) is 0.707. The number of nitrogens with one attached hydrogen (secondary N) is 1. The Morgan fingerprint density at radius 3 is 2.29 bits per heavy atom. The average molecular weight is 202 g/mol. The van der Waals surface area contributed by atoms with Crippen molar-refractivity contribution in [3.63, 3.8) is 0 Å². The van der Waals surface area contributed by atoms with Crippen LogP contribution in [0.2, 0.25) is 0 Å². The number of amides is 1. The Morgan fingerprint density at radius 1 is 1.50 bits per heavy atom. The lowest BCUT2D eigenvalue weighted by Gasteiger charge is -2.27. The van der Waals surface area contributed by atoms with Crippen LogP contribution in [-0.2, 0) is 4.79 Å². The smallest absolute Gasteiger partial charge is 0.237 e. The zero-order chi connectivity index (χ0) is 11.4.